The van der Waals surface area contributed by atoms with Crippen LogP contribution in [-0.4, -0.2) is 95.3 Å². The van der Waals surface area contributed by atoms with Gasteiger partial charge < -0.3 is 9.47 Å². The molecule has 0 saturated heterocycles. The maximum Gasteiger partial charge on any atom is 0.333 e. The SMILES string of the molecule is C=C(C)C(=O)OCC(CC)CCCC.C=C(C)C(=O)OCCCS(=O)(=O)O.[K]. The Kier molecular flexibility index (Phi) is 22.1. The summed E-state index contributed by atoms with van der Waals surface area (Å²) in [6, 6.07) is 0. The molecule has 0 aromatic rings. The molecule has 0 aliphatic heterocycles. The molecule has 7 nitrogen and oxygen atoms in total. The summed E-state index contributed by atoms with van der Waals surface area (Å²) >= 11 is 0. The Morgan fingerprint density at radius 1 is 1.00 bits per heavy atom. The summed E-state index contributed by atoms with van der Waals surface area (Å²) in [6.45, 7) is 14.9. The first kappa shape index (κ1) is 32.6. The molecule has 28 heavy (non-hydrogen) atoms. The van der Waals surface area contributed by atoms with Gasteiger partial charge in [-0.3, -0.25) is 4.55 Å². The number of hydrogen-bond acceptors (Lipinski definition) is 6. The van der Waals surface area contributed by atoms with E-state index in [1.165, 1.54) is 19.8 Å². The molecule has 0 bridgehead atoms. The van der Waals surface area contributed by atoms with E-state index in [0.717, 1.165) is 12.8 Å². The van der Waals surface area contributed by atoms with Crippen LogP contribution in [0.1, 0.15) is 59.8 Å². The zero-order chi connectivity index (χ0) is 21.5. The van der Waals surface area contributed by atoms with E-state index in [4.69, 9.17) is 9.29 Å². The molecule has 0 aliphatic rings. The first-order chi connectivity index (χ1) is 12.4. The molecule has 1 unspecified atom stereocenters. The van der Waals surface area contributed by atoms with Crippen LogP contribution in [0.2, 0.25) is 0 Å². The summed E-state index contributed by atoms with van der Waals surface area (Å²) in [6.07, 6.45) is 4.71. The summed E-state index contributed by atoms with van der Waals surface area (Å²) in [4.78, 5) is 21.8. The van der Waals surface area contributed by atoms with Crippen LogP contribution in [0.3, 0.4) is 0 Å². The quantitative estimate of drug-likeness (QED) is 0.161. The van der Waals surface area contributed by atoms with Crippen LogP contribution in [0, 0.1) is 5.92 Å². The second kappa shape index (κ2) is 19.0. The Balaban J connectivity index is -0.000000432. The van der Waals surface area contributed by atoms with Gasteiger partial charge in [0.05, 0.1) is 19.0 Å². The Hall–Kier alpha value is -0.0336. The van der Waals surface area contributed by atoms with Crippen LogP contribution in [0.25, 0.3) is 0 Å². The molecule has 0 aromatic heterocycles. The smallest absolute Gasteiger partial charge is 0.333 e. The van der Waals surface area contributed by atoms with Gasteiger partial charge >= 0.3 is 11.9 Å². The standard InChI is InChI=1S/C12H22O2.C7H12O5S.K/c1-5-7-8-11(6-2)9-14-12(13)10(3)4;1-6(2)7(8)12-4-3-5-13(9,10)11;/h11H,3,5-9H2,1-2,4H3;1,3-5H2,2H3,(H,9,10,11);. The van der Waals surface area contributed by atoms with Crippen molar-refractivity contribution in [1.29, 1.82) is 0 Å². The fourth-order valence-electron chi connectivity index (χ4n) is 1.74. The third-order valence-electron chi connectivity index (χ3n) is 3.47. The largest absolute Gasteiger partial charge is 0.462 e. The van der Waals surface area contributed by atoms with E-state index in [0.29, 0.717) is 18.1 Å². The molecule has 1 radical (unpaired) electrons. The molecular weight excluding hydrogens is 411 g/mol. The van der Waals surface area contributed by atoms with Gasteiger partial charge in [-0.25, -0.2) is 9.59 Å². The maximum atomic E-state index is 11.1. The fraction of sp³-hybridized carbons (Fsp3) is 0.684. The molecule has 9 heteroatoms. The molecule has 159 valence electrons. The molecule has 1 N–H and O–H groups in total. The third-order valence-corrected chi connectivity index (χ3v) is 4.27. The zero-order valence-electron chi connectivity index (χ0n) is 18.0. The number of rotatable bonds is 12. The van der Waals surface area contributed by atoms with Crippen LogP contribution >= 0.6 is 0 Å². The number of hydrogen-bond donors (Lipinski definition) is 1. The van der Waals surface area contributed by atoms with Crippen molar-refractivity contribution in [2.24, 2.45) is 5.92 Å². The van der Waals surface area contributed by atoms with Crippen molar-refractivity contribution in [2.75, 3.05) is 19.0 Å². The average molecular weight is 446 g/mol. The van der Waals surface area contributed by atoms with E-state index in [1.807, 2.05) is 0 Å². The Labute approximate surface area is 212 Å². The van der Waals surface area contributed by atoms with Gasteiger partial charge in [0.1, 0.15) is 0 Å². The summed E-state index contributed by atoms with van der Waals surface area (Å²) in [5, 5.41) is 0. The average Bonchev–Trinajstić information content (AvgIpc) is 2.57. The maximum absolute atomic E-state index is 11.1. The van der Waals surface area contributed by atoms with E-state index < -0.39 is 21.8 Å². The van der Waals surface area contributed by atoms with Gasteiger partial charge in [0, 0.05) is 62.5 Å². The van der Waals surface area contributed by atoms with E-state index in [-0.39, 0.29) is 76.0 Å². The van der Waals surface area contributed by atoms with Gasteiger partial charge in [-0.05, 0) is 32.6 Å². The van der Waals surface area contributed by atoms with Gasteiger partial charge in [-0.15, -0.1) is 0 Å². The minimum absolute atomic E-state index is 0. The molecule has 0 aromatic carbocycles. The molecular formula is C19H34KO7S. The van der Waals surface area contributed by atoms with Gasteiger partial charge in [0.25, 0.3) is 10.1 Å². The first-order valence-corrected chi connectivity index (χ1v) is 10.7. The minimum atomic E-state index is -3.96. The molecule has 0 saturated carbocycles. The first-order valence-electron chi connectivity index (χ1n) is 9.04. The predicted octanol–water partition coefficient (Wildman–Crippen LogP) is 3.32. The molecule has 0 heterocycles. The van der Waals surface area contributed by atoms with E-state index in [2.05, 4.69) is 31.7 Å². The molecule has 1 atom stereocenters. The van der Waals surface area contributed by atoms with Crippen LogP contribution in [-0.2, 0) is 29.2 Å². The fourth-order valence-corrected chi connectivity index (χ4v) is 2.23. The predicted molar refractivity (Wildman–Crippen MR) is 112 cm³/mol. The number of carbonyl (C=O) groups is 2. The minimum Gasteiger partial charge on any atom is -0.462 e. The van der Waals surface area contributed by atoms with Crippen LogP contribution < -0.4 is 0 Å². The van der Waals surface area contributed by atoms with Crippen molar-refractivity contribution in [3.63, 3.8) is 0 Å². The Bertz CT molecular complexity index is 585. The second-order valence-electron chi connectivity index (χ2n) is 6.35. The topological polar surface area (TPSA) is 107 Å². The van der Waals surface area contributed by atoms with E-state index in [9.17, 15) is 18.0 Å². The van der Waals surface area contributed by atoms with Crippen LogP contribution in [0.15, 0.2) is 24.3 Å². The van der Waals surface area contributed by atoms with Crippen molar-refractivity contribution in [1.82, 2.24) is 0 Å². The van der Waals surface area contributed by atoms with Crippen molar-refractivity contribution in [3.05, 3.63) is 24.3 Å². The number of unbranched alkanes of at least 4 members (excludes halogenated alkanes) is 1. The van der Waals surface area contributed by atoms with Crippen molar-refractivity contribution >= 4 is 73.4 Å². The molecule has 0 fully saturated rings. The third kappa shape index (κ3) is 22.3. The van der Waals surface area contributed by atoms with Gasteiger partial charge in [0.2, 0.25) is 0 Å². The number of esters is 2. The number of ether oxygens (including phenoxy) is 2. The molecule has 0 rings (SSSR count). The van der Waals surface area contributed by atoms with Crippen molar-refractivity contribution in [2.45, 2.75) is 59.8 Å². The molecule has 0 spiro atoms. The summed E-state index contributed by atoms with van der Waals surface area (Å²) in [7, 11) is -3.96. The molecule has 0 amide bonds. The summed E-state index contributed by atoms with van der Waals surface area (Å²) in [5.41, 5.74) is 0.738. The van der Waals surface area contributed by atoms with Crippen LogP contribution in [0.5, 0.6) is 0 Å². The monoisotopic (exact) mass is 445 g/mol. The Morgan fingerprint density at radius 3 is 1.89 bits per heavy atom. The van der Waals surface area contributed by atoms with Gasteiger partial charge in [-0.1, -0.05) is 46.3 Å². The molecule has 0 aliphatic carbocycles. The Morgan fingerprint density at radius 2 is 1.50 bits per heavy atom. The number of carbonyl (C=O) groups excluding carboxylic acids is 2. The van der Waals surface area contributed by atoms with Crippen molar-refractivity contribution in [3.8, 4) is 0 Å². The van der Waals surface area contributed by atoms with E-state index in [1.54, 1.807) is 6.92 Å². The second-order valence-corrected chi connectivity index (χ2v) is 7.92. The van der Waals surface area contributed by atoms with Gasteiger partial charge in [0.15, 0.2) is 0 Å². The van der Waals surface area contributed by atoms with E-state index >= 15 is 0 Å². The van der Waals surface area contributed by atoms with Crippen LogP contribution in [0.4, 0.5) is 0 Å². The summed E-state index contributed by atoms with van der Waals surface area (Å²) < 4.78 is 38.4. The van der Waals surface area contributed by atoms with Crippen molar-refractivity contribution < 1.29 is 32.0 Å². The van der Waals surface area contributed by atoms with Gasteiger partial charge in [-0.2, -0.15) is 8.42 Å². The zero-order valence-corrected chi connectivity index (χ0v) is 21.9. The summed E-state index contributed by atoms with van der Waals surface area (Å²) in [5.74, 6) is -0.718. The normalized spacial score (nSPS) is 11.2.